The average Bonchev–Trinajstić information content (AvgIpc) is 2.59. The van der Waals surface area contributed by atoms with Gasteiger partial charge in [-0.15, -0.1) is 0 Å². The van der Waals surface area contributed by atoms with Gasteiger partial charge in [-0.1, -0.05) is 49.7 Å². The number of allylic oxidation sites excluding steroid dienone is 1. The first-order valence-corrected chi connectivity index (χ1v) is 8.99. The van der Waals surface area contributed by atoms with Gasteiger partial charge < -0.3 is 0 Å². The molecule has 26 heavy (non-hydrogen) atoms. The van der Waals surface area contributed by atoms with Crippen molar-refractivity contribution in [2.75, 3.05) is 0 Å². The summed E-state index contributed by atoms with van der Waals surface area (Å²) < 4.78 is 50.3. The van der Waals surface area contributed by atoms with E-state index < -0.39 is 12.0 Å². The summed E-state index contributed by atoms with van der Waals surface area (Å²) in [5, 5.41) is 0. The van der Waals surface area contributed by atoms with Gasteiger partial charge in [0.1, 0.15) is 5.82 Å². The van der Waals surface area contributed by atoms with E-state index in [0.29, 0.717) is 6.42 Å². The molecule has 2 rings (SSSR count). The number of alkyl halides is 3. The second-order valence-corrected chi connectivity index (χ2v) is 6.50. The van der Waals surface area contributed by atoms with E-state index in [-0.39, 0.29) is 11.6 Å². The zero-order chi connectivity index (χ0) is 19.0. The van der Waals surface area contributed by atoms with Crippen molar-refractivity contribution in [3.05, 3.63) is 76.6 Å². The molecule has 0 saturated heterocycles. The third kappa shape index (κ3) is 7.03. The highest BCUT2D eigenvalue weighted by molar-refractivity contribution is 5.51. The standard InChI is InChI=1S/C22H24F4/c1-2-5-17-8-10-18(11-9-17)6-3-4-7-19-12-13-20(21(23)16-19)14-15-22(24,25)26/h8-16H,2-7H2,1H3. The normalized spacial score (nSPS) is 12.0. The molecule has 2 aromatic carbocycles. The number of unbranched alkanes of at least 4 members (excludes halogenated alkanes) is 1. The molecule has 0 unspecified atom stereocenters. The van der Waals surface area contributed by atoms with Crippen molar-refractivity contribution >= 4 is 6.08 Å². The van der Waals surface area contributed by atoms with Crippen LogP contribution in [0, 0.1) is 5.82 Å². The average molecular weight is 364 g/mol. The SMILES string of the molecule is CCCc1ccc(CCCCc2ccc(C=CC(F)(F)F)c(F)c2)cc1. The molecule has 0 bridgehead atoms. The molecule has 0 aliphatic carbocycles. The van der Waals surface area contributed by atoms with Crippen molar-refractivity contribution in [1.82, 2.24) is 0 Å². The number of aryl methyl sites for hydroxylation is 3. The van der Waals surface area contributed by atoms with Gasteiger partial charge in [0.15, 0.2) is 0 Å². The van der Waals surface area contributed by atoms with Crippen molar-refractivity contribution < 1.29 is 17.6 Å². The van der Waals surface area contributed by atoms with Gasteiger partial charge >= 0.3 is 6.18 Å². The zero-order valence-electron chi connectivity index (χ0n) is 15.0. The number of rotatable bonds is 8. The lowest BCUT2D eigenvalue weighted by Crippen LogP contribution is -2.00. The molecular formula is C22H24F4. The van der Waals surface area contributed by atoms with Gasteiger partial charge in [0.25, 0.3) is 0 Å². The molecule has 2 aromatic rings. The van der Waals surface area contributed by atoms with Crippen molar-refractivity contribution in [3.63, 3.8) is 0 Å². The first-order valence-electron chi connectivity index (χ1n) is 8.99. The predicted molar refractivity (Wildman–Crippen MR) is 98.6 cm³/mol. The van der Waals surface area contributed by atoms with E-state index in [4.69, 9.17) is 0 Å². The van der Waals surface area contributed by atoms with Crippen molar-refractivity contribution in [3.8, 4) is 0 Å². The topological polar surface area (TPSA) is 0 Å². The van der Waals surface area contributed by atoms with E-state index in [9.17, 15) is 17.6 Å². The Hall–Kier alpha value is -2.10. The second kappa shape index (κ2) is 9.56. The molecule has 0 radical (unpaired) electrons. The lowest BCUT2D eigenvalue weighted by Gasteiger charge is -2.06. The first-order chi connectivity index (χ1) is 12.4. The number of hydrogen-bond acceptors (Lipinski definition) is 0. The smallest absolute Gasteiger partial charge is 0.206 e. The minimum atomic E-state index is -4.43. The molecule has 0 aliphatic rings. The van der Waals surface area contributed by atoms with Crippen LogP contribution in [0.4, 0.5) is 17.6 Å². The Morgan fingerprint density at radius 3 is 1.88 bits per heavy atom. The minimum absolute atomic E-state index is 0.0433. The molecule has 140 valence electrons. The monoisotopic (exact) mass is 364 g/mol. The highest BCUT2D eigenvalue weighted by Gasteiger charge is 2.22. The maximum atomic E-state index is 13.9. The van der Waals surface area contributed by atoms with E-state index in [1.807, 2.05) is 0 Å². The number of halogens is 4. The summed E-state index contributed by atoms with van der Waals surface area (Å²) in [7, 11) is 0. The Labute approximate surface area is 152 Å². The predicted octanol–water partition coefficient (Wildman–Crippen LogP) is 6.92. The van der Waals surface area contributed by atoms with Crippen LogP contribution in [0.5, 0.6) is 0 Å². The largest absolute Gasteiger partial charge is 0.409 e. The van der Waals surface area contributed by atoms with Gasteiger partial charge in [-0.25, -0.2) is 4.39 Å². The second-order valence-electron chi connectivity index (χ2n) is 6.50. The van der Waals surface area contributed by atoms with Crippen LogP contribution in [0.25, 0.3) is 6.08 Å². The molecule has 4 heteroatoms. The van der Waals surface area contributed by atoms with Crippen LogP contribution >= 0.6 is 0 Å². The molecule has 0 N–H and O–H groups in total. The fourth-order valence-electron chi connectivity index (χ4n) is 2.87. The van der Waals surface area contributed by atoms with E-state index in [1.54, 1.807) is 6.07 Å². The van der Waals surface area contributed by atoms with Crippen LogP contribution in [0.3, 0.4) is 0 Å². The molecule has 0 aromatic heterocycles. The quantitative estimate of drug-likeness (QED) is 0.352. The Morgan fingerprint density at radius 2 is 1.35 bits per heavy atom. The Balaban J connectivity index is 1.80. The molecule has 0 fully saturated rings. The van der Waals surface area contributed by atoms with E-state index in [0.717, 1.165) is 43.7 Å². The molecule has 0 heterocycles. The maximum Gasteiger partial charge on any atom is 0.409 e. The Morgan fingerprint density at radius 1 is 0.808 bits per heavy atom. The molecule has 0 nitrogen and oxygen atoms in total. The molecular weight excluding hydrogens is 340 g/mol. The lowest BCUT2D eigenvalue weighted by atomic mass is 10.0. The summed E-state index contributed by atoms with van der Waals surface area (Å²) >= 11 is 0. The summed E-state index contributed by atoms with van der Waals surface area (Å²) in [6, 6.07) is 13.1. The summed E-state index contributed by atoms with van der Waals surface area (Å²) in [6.45, 7) is 2.16. The highest BCUT2D eigenvalue weighted by atomic mass is 19.4. The number of hydrogen-bond donors (Lipinski definition) is 0. The molecule has 0 aliphatic heterocycles. The van der Waals surface area contributed by atoms with Gasteiger partial charge in [-0.2, -0.15) is 13.2 Å². The molecule has 0 atom stereocenters. The summed E-state index contributed by atoms with van der Waals surface area (Å²) in [5.41, 5.74) is 3.42. The van der Waals surface area contributed by atoms with Gasteiger partial charge in [-0.3, -0.25) is 0 Å². The van der Waals surface area contributed by atoms with Crippen molar-refractivity contribution in [2.45, 2.75) is 51.6 Å². The van der Waals surface area contributed by atoms with Crippen molar-refractivity contribution in [2.24, 2.45) is 0 Å². The summed E-state index contributed by atoms with van der Waals surface area (Å²) in [5.74, 6) is -0.616. The minimum Gasteiger partial charge on any atom is -0.206 e. The Kier molecular flexibility index (Phi) is 7.43. The first kappa shape index (κ1) is 20.2. The fourth-order valence-corrected chi connectivity index (χ4v) is 2.87. The molecule has 0 spiro atoms. The van der Waals surface area contributed by atoms with E-state index in [2.05, 4.69) is 31.2 Å². The summed E-state index contributed by atoms with van der Waals surface area (Å²) in [6.07, 6.45) is 2.21. The highest BCUT2D eigenvalue weighted by Crippen LogP contribution is 2.20. The van der Waals surface area contributed by atoms with E-state index >= 15 is 0 Å². The van der Waals surface area contributed by atoms with Crippen LogP contribution in [0.2, 0.25) is 0 Å². The van der Waals surface area contributed by atoms with Gasteiger partial charge in [0.2, 0.25) is 0 Å². The van der Waals surface area contributed by atoms with Gasteiger partial charge in [0.05, 0.1) is 0 Å². The van der Waals surface area contributed by atoms with E-state index in [1.165, 1.54) is 23.3 Å². The van der Waals surface area contributed by atoms with Crippen LogP contribution in [-0.4, -0.2) is 6.18 Å². The third-order valence-corrected chi connectivity index (χ3v) is 4.26. The van der Waals surface area contributed by atoms with Crippen molar-refractivity contribution in [1.29, 1.82) is 0 Å². The molecule has 0 saturated carbocycles. The maximum absolute atomic E-state index is 13.9. The molecule has 0 amide bonds. The van der Waals surface area contributed by atoms with Crippen LogP contribution in [-0.2, 0) is 19.3 Å². The number of benzene rings is 2. The third-order valence-electron chi connectivity index (χ3n) is 4.26. The van der Waals surface area contributed by atoms with Gasteiger partial charge in [0, 0.05) is 11.6 Å². The lowest BCUT2D eigenvalue weighted by molar-refractivity contribution is -0.0790. The summed E-state index contributed by atoms with van der Waals surface area (Å²) in [4.78, 5) is 0. The van der Waals surface area contributed by atoms with Crippen LogP contribution in [0.1, 0.15) is 48.4 Å². The zero-order valence-corrected chi connectivity index (χ0v) is 15.0. The Bertz CT molecular complexity index is 712. The fraction of sp³-hybridized carbons (Fsp3) is 0.364. The van der Waals surface area contributed by atoms with Crippen LogP contribution < -0.4 is 0 Å². The van der Waals surface area contributed by atoms with Crippen LogP contribution in [0.15, 0.2) is 48.5 Å². The van der Waals surface area contributed by atoms with Gasteiger partial charge in [-0.05, 0) is 60.9 Å².